The molecule has 1 heterocycles. The minimum atomic E-state index is -1.80. The number of anilines is 1. The Morgan fingerprint density at radius 3 is 2.28 bits per heavy atom. The van der Waals surface area contributed by atoms with Gasteiger partial charge in [0.25, 0.3) is 5.91 Å². The van der Waals surface area contributed by atoms with Crippen LogP contribution in [0.4, 0.5) is 5.69 Å². The van der Waals surface area contributed by atoms with Gasteiger partial charge in [-0.25, -0.2) is 0 Å². The zero-order valence-corrected chi connectivity index (χ0v) is 15.0. The van der Waals surface area contributed by atoms with E-state index in [9.17, 15) is 14.7 Å². The molecule has 2 aromatic carbocycles. The molecule has 4 heteroatoms. The Kier molecular flexibility index (Phi) is 4.04. The average molecular weight is 337 g/mol. The second-order valence-electron chi connectivity index (χ2n) is 7.67. The van der Waals surface area contributed by atoms with Crippen LogP contribution in [-0.2, 0) is 15.8 Å². The molecule has 0 saturated heterocycles. The number of carbonyl (C=O) groups is 2. The number of fused-ring (bicyclic) bond motifs is 1. The molecule has 3 rings (SSSR count). The highest BCUT2D eigenvalue weighted by Gasteiger charge is 2.49. The van der Waals surface area contributed by atoms with Crippen molar-refractivity contribution in [3.63, 3.8) is 0 Å². The molecule has 1 aliphatic heterocycles. The number of hydrogen-bond donors (Lipinski definition) is 1. The van der Waals surface area contributed by atoms with E-state index in [4.69, 9.17) is 0 Å². The van der Waals surface area contributed by atoms with E-state index in [1.807, 2.05) is 12.1 Å². The number of hydrogen-bond acceptors (Lipinski definition) is 3. The number of ketones is 1. The van der Waals surface area contributed by atoms with Crippen LogP contribution in [-0.4, -0.2) is 23.8 Å². The summed E-state index contributed by atoms with van der Waals surface area (Å²) in [5.74, 6) is -0.713. The van der Waals surface area contributed by atoms with Gasteiger partial charge in [-0.15, -0.1) is 0 Å². The van der Waals surface area contributed by atoms with Crippen molar-refractivity contribution < 1.29 is 14.7 Å². The standard InChI is InChI=1S/C21H23NO3/c1-20(2,3)15-11-9-14(10-12-15)18(23)13-21(25)16-7-5-6-8-17(16)22(4)19(21)24/h5-12,25H,13H2,1-4H3/t21-/m1/s1. The third-order valence-corrected chi connectivity index (χ3v) is 4.86. The molecule has 130 valence electrons. The zero-order chi connectivity index (χ0) is 18.4. The molecule has 1 aliphatic rings. The van der Waals surface area contributed by atoms with Crippen molar-refractivity contribution in [2.45, 2.75) is 38.2 Å². The quantitative estimate of drug-likeness (QED) is 0.873. The van der Waals surface area contributed by atoms with Crippen LogP contribution in [0.2, 0.25) is 0 Å². The number of carbonyl (C=O) groups excluding carboxylic acids is 2. The summed E-state index contributed by atoms with van der Waals surface area (Å²) in [4.78, 5) is 26.7. The van der Waals surface area contributed by atoms with Crippen LogP contribution in [0.1, 0.15) is 48.7 Å². The van der Waals surface area contributed by atoms with Crippen LogP contribution in [0.25, 0.3) is 0 Å². The molecule has 1 amide bonds. The largest absolute Gasteiger partial charge is 0.375 e. The zero-order valence-electron chi connectivity index (χ0n) is 15.0. The highest BCUT2D eigenvalue weighted by molar-refractivity contribution is 6.10. The van der Waals surface area contributed by atoms with Crippen LogP contribution < -0.4 is 4.90 Å². The fourth-order valence-electron chi connectivity index (χ4n) is 3.28. The maximum Gasteiger partial charge on any atom is 0.263 e. The second kappa shape index (κ2) is 5.81. The smallest absolute Gasteiger partial charge is 0.263 e. The number of para-hydroxylation sites is 1. The number of amides is 1. The molecule has 0 spiro atoms. The monoisotopic (exact) mass is 337 g/mol. The molecule has 0 aromatic heterocycles. The first-order valence-electron chi connectivity index (χ1n) is 8.38. The van der Waals surface area contributed by atoms with E-state index in [0.717, 1.165) is 5.56 Å². The number of nitrogens with zero attached hydrogens (tertiary/aromatic N) is 1. The summed E-state index contributed by atoms with van der Waals surface area (Å²) >= 11 is 0. The molecule has 0 radical (unpaired) electrons. The minimum absolute atomic E-state index is 0.00283. The van der Waals surface area contributed by atoms with Crippen LogP contribution in [0, 0.1) is 0 Å². The van der Waals surface area contributed by atoms with Gasteiger partial charge in [-0.3, -0.25) is 9.59 Å². The molecule has 1 N–H and O–H groups in total. The number of Topliss-reactive ketones (excluding diaryl/α,β-unsaturated/α-hetero) is 1. The van der Waals surface area contributed by atoms with Gasteiger partial charge in [-0.1, -0.05) is 63.2 Å². The second-order valence-corrected chi connectivity index (χ2v) is 7.67. The lowest BCUT2D eigenvalue weighted by Gasteiger charge is -2.22. The van der Waals surface area contributed by atoms with Gasteiger partial charge in [-0.05, 0) is 17.0 Å². The summed E-state index contributed by atoms with van der Waals surface area (Å²) in [7, 11) is 1.61. The first-order chi connectivity index (χ1) is 11.6. The third kappa shape index (κ3) is 2.87. The van der Waals surface area contributed by atoms with Gasteiger partial charge in [0.2, 0.25) is 0 Å². The number of benzene rings is 2. The van der Waals surface area contributed by atoms with E-state index in [2.05, 4.69) is 20.8 Å². The lowest BCUT2D eigenvalue weighted by Crippen LogP contribution is -2.40. The molecule has 25 heavy (non-hydrogen) atoms. The Balaban J connectivity index is 1.89. The van der Waals surface area contributed by atoms with Crippen molar-refractivity contribution in [1.82, 2.24) is 0 Å². The van der Waals surface area contributed by atoms with E-state index in [0.29, 0.717) is 16.8 Å². The van der Waals surface area contributed by atoms with E-state index in [1.54, 1.807) is 43.4 Å². The highest BCUT2D eigenvalue weighted by Crippen LogP contribution is 2.42. The summed E-state index contributed by atoms with van der Waals surface area (Å²) in [6.45, 7) is 6.32. The predicted molar refractivity (Wildman–Crippen MR) is 97.8 cm³/mol. The maximum atomic E-state index is 12.7. The van der Waals surface area contributed by atoms with E-state index in [-0.39, 0.29) is 17.6 Å². The molecule has 2 aromatic rings. The minimum Gasteiger partial charge on any atom is -0.375 e. The van der Waals surface area contributed by atoms with Crippen LogP contribution in [0.15, 0.2) is 48.5 Å². The van der Waals surface area contributed by atoms with Crippen molar-refractivity contribution >= 4 is 17.4 Å². The van der Waals surface area contributed by atoms with Crippen molar-refractivity contribution in [1.29, 1.82) is 0 Å². The maximum absolute atomic E-state index is 12.7. The van der Waals surface area contributed by atoms with Gasteiger partial charge >= 0.3 is 0 Å². The molecule has 0 unspecified atom stereocenters. The predicted octanol–water partition coefficient (Wildman–Crippen LogP) is 3.42. The average Bonchev–Trinajstić information content (AvgIpc) is 2.76. The van der Waals surface area contributed by atoms with Gasteiger partial charge < -0.3 is 10.0 Å². The van der Waals surface area contributed by atoms with Gasteiger partial charge in [0.1, 0.15) is 0 Å². The summed E-state index contributed by atoms with van der Waals surface area (Å²) in [6, 6.07) is 14.4. The topological polar surface area (TPSA) is 57.6 Å². The van der Waals surface area contributed by atoms with Crippen molar-refractivity contribution in [2.24, 2.45) is 0 Å². The Hall–Kier alpha value is -2.46. The Labute approximate surface area is 148 Å². The molecular formula is C21H23NO3. The molecule has 1 atom stereocenters. The summed E-state index contributed by atoms with van der Waals surface area (Å²) in [6.07, 6.45) is -0.262. The molecule has 0 saturated carbocycles. The Morgan fingerprint density at radius 1 is 1.08 bits per heavy atom. The summed E-state index contributed by atoms with van der Waals surface area (Å²) < 4.78 is 0. The molecule has 0 fully saturated rings. The summed E-state index contributed by atoms with van der Waals surface area (Å²) in [5, 5.41) is 11.0. The van der Waals surface area contributed by atoms with Crippen molar-refractivity contribution in [3.8, 4) is 0 Å². The Morgan fingerprint density at radius 2 is 1.68 bits per heavy atom. The third-order valence-electron chi connectivity index (χ3n) is 4.86. The van der Waals surface area contributed by atoms with E-state index in [1.165, 1.54) is 4.90 Å². The van der Waals surface area contributed by atoms with E-state index >= 15 is 0 Å². The fraction of sp³-hybridized carbons (Fsp3) is 0.333. The first kappa shape index (κ1) is 17.4. The lowest BCUT2D eigenvalue weighted by atomic mass is 9.85. The van der Waals surface area contributed by atoms with Crippen LogP contribution in [0.3, 0.4) is 0 Å². The van der Waals surface area contributed by atoms with Gasteiger partial charge in [0.15, 0.2) is 11.4 Å². The fourth-order valence-corrected chi connectivity index (χ4v) is 3.28. The van der Waals surface area contributed by atoms with Crippen molar-refractivity contribution in [3.05, 3.63) is 65.2 Å². The summed E-state index contributed by atoms with van der Waals surface area (Å²) in [5.41, 5.74) is 0.965. The number of rotatable bonds is 3. The normalized spacial score (nSPS) is 19.9. The first-order valence-corrected chi connectivity index (χ1v) is 8.38. The molecular weight excluding hydrogens is 314 g/mol. The molecule has 0 aliphatic carbocycles. The van der Waals surface area contributed by atoms with E-state index < -0.39 is 11.5 Å². The molecule has 0 bridgehead atoms. The number of aliphatic hydroxyl groups is 1. The van der Waals surface area contributed by atoms with Gasteiger partial charge in [0.05, 0.1) is 12.1 Å². The van der Waals surface area contributed by atoms with Crippen LogP contribution >= 0.6 is 0 Å². The lowest BCUT2D eigenvalue weighted by molar-refractivity contribution is -0.135. The highest BCUT2D eigenvalue weighted by atomic mass is 16.3. The molecule has 4 nitrogen and oxygen atoms in total. The SMILES string of the molecule is CN1C(=O)[C@@](O)(CC(=O)c2ccc(C(C)(C)C)cc2)c2ccccc21. The number of likely N-dealkylation sites (N-methyl/N-ethyl adjacent to an activating group) is 1. The van der Waals surface area contributed by atoms with Gasteiger partial charge in [-0.2, -0.15) is 0 Å². The Bertz CT molecular complexity index is 833. The van der Waals surface area contributed by atoms with Crippen molar-refractivity contribution in [2.75, 3.05) is 11.9 Å². The van der Waals surface area contributed by atoms with Gasteiger partial charge in [0, 0.05) is 18.2 Å². The van der Waals surface area contributed by atoms with Crippen LogP contribution in [0.5, 0.6) is 0 Å².